The van der Waals surface area contributed by atoms with Crippen LogP contribution in [0, 0.1) is 11.8 Å². The molecule has 33 heavy (non-hydrogen) atoms. The van der Waals surface area contributed by atoms with Crippen LogP contribution in [0.25, 0.3) is 10.8 Å². The maximum absolute atomic E-state index is 13.1. The molecule has 2 unspecified atom stereocenters. The summed E-state index contributed by atoms with van der Waals surface area (Å²) in [4.78, 5) is 25.3. The quantitative estimate of drug-likeness (QED) is 0.627. The molecule has 5 heteroatoms. The van der Waals surface area contributed by atoms with Crippen LogP contribution in [0.1, 0.15) is 69.8 Å². The van der Waals surface area contributed by atoms with Gasteiger partial charge in [-0.1, -0.05) is 42.5 Å². The van der Waals surface area contributed by atoms with Crippen molar-refractivity contribution < 1.29 is 14.7 Å². The van der Waals surface area contributed by atoms with Gasteiger partial charge in [0.25, 0.3) is 0 Å². The highest BCUT2D eigenvalue weighted by molar-refractivity contribution is 5.83. The van der Waals surface area contributed by atoms with E-state index in [2.05, 4.69) is 41.0 Å². The van der Waals surface area contributed by atoms with Crippen LogP contribution >= 0.6 is 0 Å². The highest BCUT2D eigenvalue weighted by Crippen LogP contribution is 2.57. The molecule has 4 saturated carbocycles. The van der Waals surface area contributed by atoms with Gasteiger partial charge in [-0.3, -0.25) is 9.59 Å². The Balaban J connectivity index is 1.15. The van der Waals surface area contributed by atoms with Gasteiger partial charge in [0, 0.05) is 23.9 Å². The Labute approximate surface area is 195 Å². The zero-order chi connectivity index (χ0) is 22.7. The van der Waals surface area contributed by atoms with E-state index in [0.717, 1.165) is 38.5 Å². The van der Waals surface area contributed by atoms with Crippen molar-refractivity contribution in [1.29, 1.82) is 0 Å². The van der Waals surface area contributed by atoms with E-state index < -0.39 is 5.60 Å². The molecule has 0 spiro atoms. The summed E-state index contributed by atoms with van der Waals surface area (Å²) in [6.07, 6.45) is 8.83. The first-order chi connectivity index (χ1) is 15.8. The second-order valence-corrected chi connectivity index (χ2v) is 11.7. The van der Waals surface area contributed by atoms with Crippen molar-refractivity contribution in [2.45, 2.75) is 87.3 Å². The van der Waals surface area contributed by atoms with Crippen molar-refractivity contribution >= 4 is 22.6 Å². The number of rotatable bonds is 6. The summed E-state index contributed by atoms with van der Waals surface area (Å²) in [7, 11) is 0. The standard InChI is InChI=1S/C28H34N2O3/c31-24-7-9-26(29-24,13-19-5-6-22-3-1-2-4-23(22)12-19)10-8-25(32)30-27-14-20-11-21(15-27)17-28(33,16-20)18-27/h1-6,12,20-21,33H,7-11,13-18H2,(H,29,31)(H,30,32)/t20-,21+,26-,27?,28?/m1/s1. The van der Waals surface area contributed by atoms with Crippen LogP contribution in [0.2, 0.25) is 0 Å². The average molecular weight is 447 g/mol. The van der Waals surface area contributed by atoms with Crippen molar-refractivity contribution in [3.05, 3.63) is 48.0 Å². The van der Waals surface area contributed by atoms with Gasteiger partial charge in [0.05, 0.1) is 5.60 Å². The number of amides is 2. The minimum atomic E-state index is -0.575. The summed E-state index contributed by atoms with van der Waals surface area (Å²) >= 11 is 0. The molecule has 5 nitrogen and oxygen atoms in total. The molecule has 7 rings (SSSR count). The molecule has 1 heterocycles. The molecule has 2 aromatic carbocycles. The van der Waals surface area contributed by atoms with Gasteiger partial charge in [0.1, 0.15) is 0 Å². The van der Waals surface area contributed by atoms with Gasteiger partial charge >= 0.3 is 0 Å². The topological polar surface area (TPSA) is 78.4 Å². The summed E-state index contributed by atoms with van der Waals surface area (Å²) in [5.41, 5.74) is 0.0324. The summed E-state index contributed by atoms with van der Waals surface area (Å²) in [6.45, 7) is 0. The zero-order valence-corrected chi connectivity index (χ0v) is 19.2. The molecule has 3 N–H and O–H groups in total. The van der Waals surface area contributed by atoms with E-state index in [4.69, 9.17) is 0 Å². The van der Waals surface area contributed by atoms with Gasteiger partial charge < -0.3 is 15.7 Å². The summed E-state index contributed by atoms with van der Waals surface area (Å²) in [6, 6.07) is 14.8. The van der Waals surface area contributed by atoms with E-state index >= 15 is 0 Å². The fourth-order valence-corrected chi connectivity index (χ4v) is 7.99. The Kier molecular flexibility index (Phi) is 4.84. The Hall–Kier alpha value is -2.40. The minimum absolute atomic E-state index is 0.0691. The number of carbonyl (C=O) groups is 2. The van der Waals surface area contributed by atoms with Crippen LogP contribution in [0.3, 0.4) is 0 Å². The molecule has 5 fully saturated rings. The first kappa shape index (κ1) is 21.2. The smallest absolute Gasteiger partial charge is 0.220 e. The largest absolute Gasteiger partial charge is 0.390 e. The summed E-state index contributed by atoms with van der Waals surface area (Å²) < 4.78 is 0. The number of benzene rings is 2. The molecule has 2 amide bonds. The third kappa shape index (κ3) is 4.05. The van der Waals surface area contributed by atoms with E-state index in [-0.39, 0.29) is 22.9 Å². The molecule has 2 aromatic rings. The first-order valence-electron chi connectivity index (χ1n) is 12.6. The monoisotopic (exact) mass is 446 g/mol. The lowest BCUT2D eigenvalue weighted by Gasteiger charge is -2.60. The minimum Gasteiger partial charge on any atom is -0.390 e. The number of hydrogen-bond donors (Lipinski definition) is 3. The zero-order valence-electron chi connectivity index (χ0n) is 19.2. The SMILES string of the molecule is O=C(CC[C@@]1(Cc2ccc3ccccc3c2)CCC(=O)N1)NC12C[C@@H]3C[C@@H](CC(O)(C3)C1)C2. The highest BCUT2D eigenvalue weighted by Gasteiger charge is 2.57. The van der Waals surface area contributed by atoms with Crippen LogP contribution in [0.5, 0.6) is 0 Å². The lowest BCUT2D eigenvalue weighted by atomic mass is 9.51. The predicted molar refractivity (Wildman–Crippen MR) is 127 cm³/mol. The van der Waals surface area contributed by atoms with Gasteiger partial charge in [-0.2, -0.15) is 0 Å². The molecular formula is C28H34N2O3. The number of aliphatic hydroxyl groups is 1. The van der Waals surface area contributed by atoms with Crippen molar-refractivity contribution in [3.63, 3.8) is 0 Å². The third-order valence-electron chi connectivity index (χ3n) is 8.86. The molecule has 4 aliphatic carbocycles. The Morgan fingerprint density at radius 1 is 1.06 bits per heavy atom. The molecule has 0 radical (unpaired) electrons. The van der Waals surface area contributed by atoms with Gasteiger partial charge in [0.2, 0.25) is 11.8 Å². The lowest BCUT2D eigenvalue weighted by Crippen LogP contribution is -2.65. The van der Waals surface area contributed by atoms with E-state index in [1.54, 1.807) is 0 Å². The predicted octanol–water partition coefficient (Wildman–Crippen LogP) is 4.01. The second kappa shape index (κ2) is 7.56. The molecule has 1 saturated heterocycles. The lowest BCUT2D eigenvalue weighted by molar-refractivity contribution is -0.151. The second-order valence-electron chi connectivity index (χ2n) is 11.7. The fourth-order valence-electron chi connectivity index (χ4n) is 7.99. The molecule has 4 bridgehead atoms. The molecule has 5 atom stereocenters. The normalized spacial score (nSPS) is 36.8. The van der Waals surface area contributed by atoms with Crippen LogP contribution in [-0.2, 0) is 16.0 Å². The fraction of sp³-hybridized carbons (Fsp3) is 0.571. The van der Waals surface area contributed by atoms with Crippen LogP contribution in [0.4, 0.5) is 0 Å². The molecule has 5 aliphatic rings. The van der Waals surface area contributed by atoms with Crippen molar-refractivity contribution in [2.75, 3.05) is 0 Å². The molecule has 174 valence electrons. The molecule has 1 aliphatic heterocycles. The van der Waals surface area contributed by atoms with Gasteiger partial charge in [-0.05, 0) is 86.0 Å². The van der Waals surface area contributed by atoms with Gasteiger partial charge in [-0.15, -0.1) is 0 Å². The van der Waals surface area contributed by atoms with Crippen LogP contribution in [-0.4, -0.2) is 33.6 Å². The Morgan fingerprint density at radius 3 is 2.52 bits per heavy atom. The average Bonchev–Trinajstić information content (AvgIpc) is 3.11. The van der Waals surface area contributed by atoms with E-state index in [9.17, 15) is 14.7 Å². The number of fused-ring (bicyclic) bond motifs is 1. The maximum Gasteiger partial charge on any atom is 0.220 e. The van der Waals surface area contributed by atoms with Crippen LogP contribution < -0.4 is 10.6 Å². The summed E-state index contributed by atoms with van der Waals surface area (Å²) in [5.74, 6) is 1.24. The molecule has 0 aromatic heterocycles. The highest BCUT2D eigenvalue weighted by atomic mass is 16.3. The van der Waals surface area contributed by atoms with Crippen molar-refractivity contribution in [2.24, 2.45) is 11.8 Å². The third-order valence-corrected chi connectivity index (χ3v) is 8.86. The maximum atomic E-state index is 13.1. The van der Waals surface area contributed by atoms with Gasteiger partial charge in [-0.25, -0.2) is 0 Å². The van der Waals surface area contributed by atoms with E-state index in [0.29, 0.717) is 37.5 Å². The molecular weight excluding hydrogens is 412 g/mol. The number of carbonyl (C=O) groups excluding carboxylic acids is 2. The summed E-state index contributed by atoms with van der Waals surface area (Å²) in [5, 5.41) is 20.0. The van der Waals surface area contributed by atoms with Crippen LogP contribution in [0.15, 0.2) is 42.5 Å². The number of nitrogens with one attached hydrogen (secondary N) is 2. The number of hydrogen-bond acceptors (Lipinski definition) is 3. The van der Waals surface area contributed by atoms with Crippen molar-refractivity contribution in [3.8, 4) is 0 Å². The Morgan fingerprint density at radius 2 is 1.82 bits per heavy atom. The van der Waals surface area contributed by atoms with E-state index in [1.165, 1.54) is 22.8 Å². The van der Waals surface area contributed by atoms with Crippen molar-refractivity contribution in [1.82, 2.24) is 10.6 Å². The first-order valence-corrected chi connectivity index (χ1v) is 12.6. The Bertz CT molecular complexity index is 1100. The van der Waals surface area contributed by atoms with E-state index in [1.807, 2.05) is 12.1 Å². The van der Waals surface area contributed by atoms with Gasteiger partial charge in [0.15, 0.2) is 0 Å².